The van der Waals surface area contributed by atoms with Gasteiger partial charge < -0.3 is 10.4 Å². The van der Waals surface area contributed by atoms with Gasteiger partial charge in [-0.25, -0.2) is 0 Å². The fraction of sp³-hybridized carbons (Fsp3) is 0.455. The van der Waals surface area contributed by atoms with E-state index in [2.05, 4.69) is 12.2 Å². The van der Waals surface area contributed by atoms with Crippen LogP contribution >= 0.6 is 23.2 Å². The minimum Gasteiger partial charge on any atom is -0.394 e. The largest absolute Gasteiger partial charge is 0.394 e. The summed E-state index contributed by atoms with van der Waals surface area (Å²) < 4.78 is 0. The highest BCUT2D eigenvalue weighted by Crippen LogP contribution is 2.25. The molecule has 0 aliphatic rings. The highest BCUT2D eigenvalue weighted by Gasteiger charge is 2.10. The molecule has 0 aliphatic carbocycles. The molecule has 0 heterocycles. The van der Waals surface area contributed by atoms with Crippen molar-refractivity contribution in [3.8, 4) is 0 Å². The Bertz CT molecular complexity index is 317. The van der Waals surface area contributed by atoms with Gasteiger partial charge in [0.25, 0.3) is 0 Å². The predicted molar refractivity (Wildman–Crippen MR) is 64.6 cm³/mol. The van der Waals surface area contributed by atoms with Gasteiger partial charge >= 0.3 is 0 Å². The Labute approximate surface area is 100 Å². The summed E-state index contributed by atoms with van der Waals surface area (Å²) in [5.74, 6) is 0. The quantitative estimate of drug-likeness (QED) is 0.839. The van der Waals surface area contributed by atoms with Gasteiger partial charge in [-0.1, -0.05) is 36.2 Å². The monoisotopic (exact) mass is 247 g/mol. The summed E-state index contributed by atoms with van der Waals surface area (Å²) in [5, 5.41) is 13.5. The molecule has 0 spiro atoms. The summed E-state index contributed by atoms with van der Waals surface area (Å²) in [6.45, 7) is 3.00. The molecule has 0 saturated heterocycles. The molecule has 1 aromatic carbocycles. The normalized spacial score (nSPS) is 12.8. The lowest BCUT2D eigenvalue weighted by Gasteiger charge is -2.16. The van der Waals surface area contributed by atoms with Crippen LogP contribution in [0.4, 0.5) is 0 Å². The van der Waals surface area contributed by atoms with Crippen molar-refractivity contribution in [1.29, 1.82) is 0 Å². The number of hydrogen-bond acceptors (Lipinski definition) is 2. The van der Waals surface area contributed by atoms with Crippen LogP contribution < -0.4 is 5.32 Å². The van der Waals surface area contributed by atoms with Crippen LogP contribution in [-0.4, -0.2) is 18.3 Å². The Morgan fingerprint density at radius 1 is 1.33 bits per heavy atom. The molecule has 1 atom stereocenters. The van der Waals surface area contributed by atoms with Gasteiger partial charge in [0.05, 0.1) is 22.7 Å². The number of nitrogens with one attached hydrogen (secondary N) is 1. The summed E-state index contributed by atoms with van der Waals surface area (Å²) in [7, 11) is 0. The van der Waals surface area contributed by atoms with E-state index < -0.39 is 0 Å². The van der Waals surface area contributed by atoms with Crippen LogP contribution in [0.15, 0.2) is 18.2 Å². The third-order valence-electron chi connectivity index (χ3n) is 2.17. The van der Waals surface area contributed by atoms with Crippen LogP contribution in [0.5, 0.6) is 0 Å². The van der Waals surface area contributed by atoms with Gasteiger partial charge in [0.2, 0.25) is 0 Å². The van der Waals surface area contributed by atoms with Crippen LogP contribution in [-0.2, 0) is 0 Å². The fourth-order valence-electron chi connectivity index (χ4n) is 1.34. The Balaban J connectivity index is 2.78. The van der Waals surface area contributed by atoms with Crippen molar-refractivity contribution in [1.82, 2.24) is 5.32 Å². The first-order valence-electron chi connectivity index (χ1n) is 4.98. The number of hydrogen-bond donors (Lipinski definition) is 2. The Kier molecular flexibility index (Phi) is 5.40. The van der Waals surface area contributed by atoms with E-state index >= 15 is 0 Å². The maximum absolute atomic E-state index is 9.23. The lowest BCUT2D eigenvalue weighted by molar-refractivity contribution is 0.245. The molecule has 2 N–H and O–H groups in total. The molecule has 0 saturated carbocycles. The minimum atomic E-state index is -0.0697. The van der Waals surface area contributed by atoms with E-state index in [1.807, 2.05) is 6.07 Å². The fourth-order valence-corrected chi connectivity index (χ4v) is 1.64. The van der Waals surface area contributed by atoms with Crippen LogP contribution in [0.2, 0.25) is 10.0 Å². The van der Waals surface area contributed by atoms with Crippen LogP contribution in [0.1, 0.15) is 24.9 Å². The van der Waals surface area contributed by atoms with E-state index in [9.17, 15) is 5.11 Å². The maximum atomic E-state index is 9.23. The van der Waals surface area contributed by atoms with Gasteiger partial charge in [-0.05, 0) is 30.7 Å². The molecule has 84 valence electrons. The Morgan fingerprint density at radius 3 is 2.60 bits per heavy atom. The second-order valence-corrected chi connectivity index (χ2v) is 4.18. The molecule has 0 amide bonds. The van der Waals surface area contributed by atoms with Crippen molar-refractivity contribution >= 4 is 23.2 Å². The first-order chi connectivity index (χ1) is 7.19. The summed E-state index contributed by atoms with van der Waals surface area (Å²) in [6, 6.07) is 5.33. The maximum Gasteiger partial charge on any atom is 0.0626 e. The zero-order valence-corrected chi connectivity index (χ0v) is 10.1. The first-order valence-corrected chi connectivity index (χ1v) is 5.73. The van der Waals surface area contributed by atoms with E-state index in [0.29, 0.717) is 10.0 Å². The molecular formula is C11H15Cl2NO. The number of benzene rings is 1. The zero-order valence-electron chi connectivity index (χ0n) is 8.63. The number of aliphatic hydroxyl groups excluding tert-OH is 1. The van der Waals surface area contributed by atoms with Gasteiger partial charge in [-0.15, -0.1) is 0 Å². The van der Waals surface area contributed by atoms with Crippen molar-refractivity contribution in [3.05, 3.63) is 33.8 Å². The summed E-state index contributed by atoms with van der Waals surface area (Å²) in [6.07, 6.45) is 1.03. The van der Waals surface area contributed by atoms with Crippen molar-refractivity contribution in [3.63, 3.8) is 0 Å². The lowest BCUT2D eigenvalue weighted by atomic mass is 10.1. The Morgan fingerprint density at radius 2 is 2.07 bits per heavy atom. The van der Waals surface area contributed by atoms with Gasteiger partial charge in [-0.2, -0.15) is 0 Å². The van der Waals surface area contributed by atoms with Crippen LogP contribution in [0, 0.1) is 0 Å². The molecule has 1 rings (SSSR count). The van der Waals surface area contributed by atoms with Crippen molar-refractivity contribution < 1.29 is 5.11 Å². The summed E-state index contributed by atoms with van der Waals surface area (Å²) in [5.41, 5.74) is 0.959. The molecule has 0 aliphatic heterocycles. The molecule has 4 heteroatoms. The van der Waals surface area contributed by atoms with Crippen LogP contribution in [0.25, 0.3) is 0 Å². The predicted octanol–water partition coefficient (Wildman–Crippen LogP) is 3.03. The molecule has 1 unspecified atom stereocenters. The molecular weight excluding hydrogens is 233 g/mol. The number of halogens is 2. The van der Waals surface area contributed by atoms with Crippen molar-refractivity contribution in [2.75, 3.05) is 13.2 Å². The third kappa shape index (κ3) is 3.65. The molecule has 2 nitrogen and oxygen atoms in total. The second kappa shape index (κ2) is 6.33. The van der Waals surface area contributed by atoms with Crippen LogP contribution in [0.3, 0.4) is 0 Å². The zero-order chi connectivity index (χ0) is 11.3. The van der Waals surface area contributed by atoms with E-state index in [1.54, 1.807) is 12.1 Å². The molecule has 0 aromatic heterocycles. The van der Waals surface area contributed by atoms with E-state index in [4.69, 9.17) is 23.2 Å². The summed E-state index contributed by atoms with van der Waals surface area (Å²) >= 11 is 11.7. The van der Waals surface area contributed by atoms with Crippen molar-refractivity contribution in [2.45, 2.75) is 19.4 Å². The second-order valence-electron chi connectivity index (χ2n) is 3.36. The van der Waals surface area contributed by atoms with E-state index in [1.165, 1.54) is 0 Å². The molecule has 0 bridgehead atoms. The molecule has 15 heavy (non-hydrogen) atoms. The average molecular weight is 248 g/mol. The van der Waals surface area contributed by atoms with E-state index in [-0.39, 0.29) is 12.6 Å². The molecule has 0 fully saturated rings. The summed E-state index contributed by atoms with van der Waals surface area (Å²) in [4.78, 5) is 0. The highest BCUT2D eigenvalue weighted by molar-refractivity contribution is 6.42. The number of aliphatic hydroxyl groups is 1. The third-order valence-corrected chi connectivity index (χ3v) is 2.91. The van der Waals surface area contributed by atoms with Gasteiger partial charge in [0.15, 0.2) is 0 Å². The molecule has 1 aromatic rings. The minimum absolute atomic E-state index is 0.0535. The van der Waals surface area contributed by atoms with Gasteiger partial charge in [0.1, 0.15) is 0 Å². The molecule has 0 radical (unpaired) electrons. The lowest BCUT2D eigenvalue weighted by Crippen LogP contribution is -2.25. The van der Waals surface area contributed by atoms with Crippen molar-refractivity contribution in [2.24, 2.45) is 0 Å². The van der Waals surface area contributed by atoms with Gasteiger partial charge in [-0.3, -0.25) is 0 Å². The standard InChI is InChI=1S/C11H15Cl2NO/c1-2-5-14-11(7-15)8-3-4-9(12)10(13)6-8/h3-4,6,11,14-15H,2,5,7H2,1H3. The topological polar surface area (TPSA) is 32.3 Å². The smallest absolute Gasteiger partial charge is 0.0626 e. The SMILES string of the molecule is CCCNC(CO)c1ccc(Cl)c(Cl)c1. The first kappa shape index (κ1) is 12.8. The van der Waals surface area contributed by atoms with E-state index in [0.717, 1.165) is 18.5 Å². The number of rotatable bonds is 5. The van der Waals surface area contributed by atoms with Gasteiger partial charge in [0, 0.05) is 0 Å². The average Bonchev–Trinajstić information content (AvgIpc) is 2.24. The Hall–Kier alpha value is -0.280. The highest BCUT2D eigenvalue weighted by atomic mass is 35.5.